The molecular formula is C40H49F3N8O5S. The number of hydrogen-bond donors (Lipinski definition) is 2. The molecule has 2 aromatic carbocycles. The number of anilines is 3. The van der Waals surface area contributed by atoms with E-state index in [1.807, 2.05) is 4.90 Å². The number of imide groups is 1. The summed E-state index contributed by atoms with van der Waals surface area (Å²) < 4.78 is 47.4. The van der Waals surface area contributed by atoms with E-state index >= 15 is 0 Å². The third-order valence-corrected chi connectivity index (χ3v) is 11.8. The first-order valence-electron chi connectivity index (χ1n) is 19.4. The molecule has 4 fully saturated rings. The molecule has 4 aliphatic rings. The molecule has 3 aliphatic heterocycles. The van der Waals surface area contributed by atoms with Gasteiger partial charge in [0.2, 0.25) is 11.8 Å². The second-order valence-corrected chi connectivity index (χ2v) is 16.2. The maximum Gasteiger partial charge on any atom is 0.417 e. The molecule has 0 aromatic heterocycles. The number of halogens is 3. The second-order valence-electron chi connectivity index (χ2n) is 15.8. The average molecular weight is 811 g/mol. The maximum absolute atomic E-state index is 13.7. The lowest BCUT2D eigenvalue weighted by Gasteiger charge is -2.44. The average Bonchev–Trinajstić information content (AvgIpc) is 3.33. The van der Waals surface area contributed by atoms with Gasteiger partial charge in [-0.05, 0) is 114 Å². The van der Waals surface area contributed by atoms with Crippen LogP contribution in [0, 0.1) is 11.3 Å². The molecule has 0 radical (unpaired) electrons. The van der Waals surface area contributed by atoms with Crippen LogP contribution < -0.4 is 20.4 Å². The van der Waals surface area contributed by atoms with Crippen molar-refractivity contribution < 1.29 is 37.1 Å². The normalized spacial score (nSPS) is 24.8. The summed E-state index contributed by atoms with van der Waals surface area (Å²) in [6, 6.07) is 11.6. The van der Waals surface area contributed by atoms with Gasteiger partial charge in [0.05, 0.1) is 35.5 Å². The van der Waals surface area contributed by atoms with E-state index < -0.39 is 34.8 Å². The summed E-state index contributed by atoms with van der Waals surface area (Å²) in [5.74, 6) is -0.826. The van der Waals surface area contributed by atoms with Gasteiger partial charge in [0.1, 0.15) is 5.54 Å². The molecule has 1 aliphatic carbocycles. The van der Waals surface area contributed by atoms with Gasteiger partial charge in [-0.2, -0.15) is 18.4 Å². The van der Waals surface area contributed by atoms with Crippen LogP contribution in [0.3, 0.4) is 0 Å². The Kier molecular flexibility index (Phi) is 12.6. The summed E-state index contributed by atoms with van der Waals surface area (Å²) in [7, 11) is 0. The van der Waals surface area contributed by atoms with Crippen LogP contribution in [0.5, 0.6) is 0 Å². The number of ether oxygens (including phenoxy) is 1. The standard InChI is InChI=1S/C40H49F3N8O5S/c1-25-22-47(23-26(2)49(25)24-35(53)45-28-7-10-29(11-8-28)48-18-16-34(52)46-37(48)55)17-5-19-56-32-14-12-30(13-15-32)51-38(57)50(36(54)39(51,3)4)31-9-6-27(21-44)33(20-31)40(41,42)43/h6-11,20,25-26,30,32H,5,12-19,22-24H2,1-4H3,(H,45,53)(H,46,52,55)/t25-,26+,30-,32-. The minimum atomic E-state index is -4.76. The van der Waals surface area contributed by atoms with Crippen LogP contribution in [-0.2, 0) is 25.3 Å². The van der Waals surface area contributed by atoms with E-state index in [0.717, 1.165) is 55.9 Å². The highest BCUT2D eigenvalue weighted by molar-refractivity contribution is 7.80. The number of rotatable bonds is 11. The number of piperazine rings is 1. The van der Waals surface area contributed by atoms with Crippen molar-refractivity contribution in [2.75, 3.05) is 54.4 Å². The lowest BCUT2D eigenvalue weighted by molar-refractivity contribution is -0.137. The van der Waals surface area contributed by atoms with Gasteiger partial charge < -0.3 is 19.9 Å². The van der Waals surface area contributed by atoms with Crippen LogP contribution in [0.25, 0.3) is 0 Å². The van der Waals surface area contributed by atoms with Crippen LogP contribution in [0.1, 0.15) is 77.3 Å². The fourth-order valence-corrected chi connectivity index (χ4v) is 9.09. The number of thiocarbonyl (C=S) groups is 1. The topological polar surface area (TPSA) is 142 Å². The Labute approximate surface area is 336 Å². The Bertz CT molecular complexity index is 1900. The SMILES string of the molecule is C[C@@H]1CN(CCCO[C@H]2CC[C@H](N3C(=S)N(c4ccc(C#N)c(C(F)(F)F)c4)C(=O)C3(C)C)CC2)C[C@H](C)N1CC(=O)Nc1ccc(N2CCC(=O)NC2=O)cc1. The molecule has 1 saturated carbocycles. The van der Waals surface area contributed by atoms with Crippen molar-refractivity contribution in [1.29, 1.82) is 5.26 Å². The predicted molar refractivity (Wildman–Crippen MR) is 211 cm³/mol. The fourth-order valence-electron chi connectivity index (χ4n) is 8.52. The van der Waals surface area contributed by atoms with Gasteiger partial charge in [0.25, 0.3) is 5.91 Å². The molecule has 17 heteroatoms. The number of nitrogens with zero attached hydrogens (tertiary/aromatic N) is 6. The molecule has 3 heterocycles. The van der Waals surface area contributed by atoms with E-state index in [1.165, 1.54) is 11.0 Å². The zero-order valence-electron chi connectivity index (χ0n) is 32.6. The number of carbonyl (C=O) groups is 4. The molecule has 13 nitrogen and oxygen atoms in total. The van der Waals surface area contributed by atoms with Gasteiger partial charge in [0, 0.05) is 68.7 Å². The van der Waals surface area contributed by atoms with E-state index in [0.29, 0.717) is 37.4 Å². The Morgan fingerprint density at radius 1 is 1.02 bits per heavy atom. The fraction of sp³-hybridized carbons (Fsp3) is 0.550. The van der Waals surface area contributed by atoms with E-state index in [-0.39, 0.29) is 59.8 Å². The van der Waals surface area contributed by atoms with Crippen molar-refractivity contribution in [2.24, 2.45) is 0 Å². The largest absolute Gasteiger partial charge is 0.417 e. The molecule has 57 heavy (non-hydrogen) atoms. The number of hydrogen-bond acceptors (Lipinski definition) is 9. The lowest BCUT2D eigenvalue weighted by atomic mass is 9.89. The van der Waals surface area contributed by atoms with Gasteiger partial charge in [-0.1, -0.05) is 0 Å². The van der Waals surface area contributed by atoms with Gasteiger partial charge in [-0.15, -0.1) is 0 Å². The highest BCUT2D eigenvalue weighted by Gasteiger charge is 2.52. The predicted octanol–water partition coefficient (Wildman–Crippen LogP) is 5.49. The van der Waals surface area contributed by atoms with E-state index in [9.17, 15) is 37.6 Å². The molecule has 2 atom stereocenters. The first-order valence-corrected chi connectivity index (χ1v) is 19.8. The van der Waals surface area contributed by atoms with E-state index in [1.54, 1.807) is 44.2 Å². The van der Waals surface area contributed by atoms with E-state index in [4.69, 9.17) is 17.0 Å². The van der Waals surface area contributed by atoms with Crippen LogP contribution in [0.2, 0.25) is 0 Å². The molecule has 5 amide bonds. The minimum absolute atomic E-state index is 0.00825. The number of alkyl halides is 3. The first-order chi connectivity index (χ1) is 27.0. The molecule has 3 saturated heterocycles. The van der Waals surface area contributed by atoms with Crippen LogP contribution >= 0.6 is 12.2 Å². The van der Waals surface area contributed by atoms with E-state index in [2.05, 4.69) is 34.3 Å². The number of benzene rings is 2. The molecule has 306 valence electrons. The molecular weight excluding hydrogens is 762 g/mol. The molecule has 6 rings (SSSR count). The van der Waals surface area contributed by atoms with Crippen molar-refractivity contribution in [3.8, 4) is 6.07 Å². The highest BCUT2D eigenvalue weighted by atomic mass is 32.1. The number of nitriles is 1. The van der Waals surface area contributed by atoms with Crippen LogP contribution in [0.15, 0.2) is 42.5 Å². The molecule has 0 unspecified atom stereocenters. The maximum atomic E-state index is 13.7. The molecule has 2 aromatic rings. The first kappa shape index (κ1) is 42.0. The van der Waals surface area contributed by atoms with Crippen LogP contribution in [0.4, 0.5) is 35.0 Å². The smallest absolute Gasteiger partial charge is 0.378 e. The lowest BCUT2D eigenvalue weighted by Crippen LogP contribution is -2.58. The number of amides is 5. The Morgan fingerprint density at radius 3 is 2.28 bits per heavy atom. The van der Waals surface area contributed by atoms with Gasteiger partial charge >= 0.3 is 12.2 Å². The summed E-state index contributed by atoms with van der Waals surface area (Å²) in [4.78, 5) is 59.3. The summed E-state index contributed by atoms with van der Waals surface area (Å²) in [6.45, 7) is 11.4. The van der Waals surface area contributed by atoms with Crippen molar-refractivity contribution in [1.82, 2.24) is 20.0 Å². The molecule has 0 bridgehead atoms. The second kappa shape index (κ2) is 17.1. The molecule has 0 spiro atoms. The van der Waals surface area contributed by atoms with Crippen LogP contribution in [-0.4, -0.2) is 113 Å². The number of nitrogens with one attached hydrogen (secondary N) is 2. The summed E-state index contributed by atoms with van der Waals surface area (Å²) in [5.41, 5.74) is -1.42. The summed E-state index contributed by atoms with van der Waals surface area (Å²) >= 11 is 5.73. The quantitative estimate of drug-likeness (QED) is 0.221. The Balaban J connectivity index is 0.918. The van der Waals surface area contributed by atoms with Crippen molar-refractivity contribution in [3.05, 3.63) is 53.6 Å². The highest BCUT2D eigenvalue weighted by Crippen LogP contribution is 2.40. The van der Waals surface area contributed by atoms with Crippen molar-refractivity contribution in [3.63, 3.8) is 0 Å². The van der Waals surface area contributed by atoms with Crippen molar-refractivity contribution in [2.45, 2.75) is 102 Å². The minimum Gasteiger partial charge on any atom is -0.378 e. The Morgan fingerprint density at radius 2 is 1.67 bits per heavy atom. The zero-order chi connectivity index (χ0) is 41.2. The monoisotopic (exact) mass is 810 g/mol. The Hall–Kier alpha value is -4.63. The summed E-state index contributed by atoms with van der Waals surface area (Å²) in [5, 5.41) is 14.6. The summed E-state index contributed by atoms with van der Waals surface area (Å²) in [6.07, 6.45) is -0.661. The third kappa shape index (κ3) is 9.25. The van der Waals surface area contributed by atoms with Gasteiger partial charge in [0.15, 0.2) is 5.11 Å². The number of urea groups is 1. The van der Waals surface area contributed by atoms with Gasteiger partial charge in [-0.3, -0.25) is 34.4 Å². The van der Waals surface area contributed by atoms with Crippen molar-refractivity contribution >= 4 is 58.1 Å². The third-order valence-electron chi connectivity index (χ3n) is 11.4. The zero-order valence-corrected chi connectivity index (χ0v) is 33.4. The number of carbonyl (C=O) groups excluding carboxylic acids is 4. The van der Waals surface area contributed by atoms with Gasteiger partial charge in [-0.25, -0.2) is 4.79 Å². The molecule has 2 N–H and O–H groups in total.